The zero-order valence-electron chi connectivity index (χ0n) is 11.5. The Balaban J connectivity index is 2.45. The minimum Gasteiger partial charge on any atom is -0.497 e. The molecule has 0 aliphatic carbocycles. The van der Waals surface area contributed by atoms with Crippen molar-refractivity contribution in [1.29, 1.82) is 0 Å². The first kappa shape index (κ1) is 15.3. The van der Waals surface area contributed by atoms with Crippen molar-refractivity contribution in [2.75, 3.05) is 19.5 Å². The molecular weight excluding hydrogens is 248 g/mol. The van der Waals surface area contributed by atoms with E-state index in [2.05, 4.69) is 17.2 Å². The average molecular weight is 271 g/mol. The van der Waals surface area contributed by atoms with Crippen LogP contribution >= 0.6 is 11.6 Å². The van der Waals surface area contributed by atoms with Gasteiger partial charge in [-0.15, -0.1) is 11.6 Å². The highest BCUT2D eigenvalue weighted by molar-refractivity contribution is 6.17. The fraction of sp³-hybridized carbons (Fsp3) is 0.643. The first-order chi connectivity index (χ1) is 8.69. The van der Waals surface area contributed by atoms with Gasteiger partial charge in [-0.25, -0.2) is 0 Å². The van der Waals surface area contributed by atoms with Crippen LogP contribution in [-0.4, -0.2) is 24.5 Å². The molecule has 0 saturated carbocycles. The number of nitrogens with zero attached hydrogens (tertiary/aromatic N) is 1. The maximum atomic E-state index is 5.77. The summed E-state index contributed by atoms with van der Waals surface area (Å²) in [6, 6.07) is 3.91. The Morgan fingerprint density at radius 3 is 2.83 bits per heavy atom. The Labute approximate surface area is 115 Å². The molecule has 3 nitrogen and oxygen atoms in total. The van der Waals surface area contributed by atoms with Crippen molar-refractivity contribution < 1.29 is 4.74 Å². The molecule has 1 heterocycles. The standard InChI is InChI=1S/C14H23ClN2O/c1-4-12(5-6-15)9-16-10-13-8-14(18-3)7-11(2)17-13/h7-8,12,16H,4-6,9-10H2,1-3H3. The van der Waals surface area contributed by atoms with E-state index >= 15 is 0 Å². The summed E-state index contributed by atoms with van der Waals surface area (Å²) in [6.45, 7) is 5.94. The summed E-state index contributed by atoms with van der Waals surface area (Å²) in [6.07, 6.45) is 2.22. The van der Waals surface area contributed by atoms with E-state index in [0.717, 1.165) is 48.9 Å². The number of nitrogens with one attached hydrogen (secondary N) is 1. The van der Waals surface area contributed by atoms with E-state index in [9.17, 15) is 0 Å². The molecule has 0 aromatic carbocycles. The van der Waals surface area contributed by atoms with Crippen molar-refractivity contribution in [2.24, 2.45) is 5.92 Å². The number of hydrogen-bond donors (Lipinski definition) is 1. The second-order valence-corrected chi connectivity index (χ2v) is 4.90. The van der Waals surface area contributed by atoms with E-state index in [1.165, 1.54) is 0 Å². The van der Waals surface area contributed by atoms with Gasteiger partial charge in [0.25, 0.3) is 0 Å². The Kier molecular flexibility index (Phi) is 7.06. The molecule has 0 aliphatic heterocycles. The fourth-order valence-corrected chi connectivity index (χ4v) is 2.23. The molecule has 0 radical (unpaired) electrons. The largest absolute Gasteiger partial charge is 0.497 e. The predicted octanol–water partition coefficient (Wildman–Crippen LogP) is 3.14. The predicted molar refractivity (Wildman–Crippen MR) is 76.4 cm³/mol. The number of hydrogen-bond acceptors (Lipinski definition) is 3. The zero-order chi connectivity index (χ0) is 13.4. The lowest BCUT2D eigenvalue weighted by atomic mass is 10.0. The fourth-order valence-electron chi connectivity index (χ4n) is 1.92. The maximum Gasteiger partial charge on any atom is 0.122 e. The van der Waals surface area contributed by atoms with Crippen molar-refractivity contribution in [3.8, 4) is 5.75 Å². The minimum atomic E-state index is 0.647. The molecule has 1 aromatic heterocycles. The molecule has 18 heavy (non-hydrogen) atoms. The number of aromatic nitrogens is 1. The van der Waals surface area contributed by atoms with Gasteiger partial charge in [-0.05, 0) is 25.8 Å². The van der Waals surface area contributed by atoms with Crippen LogP contribution in [0.1, 0.15) is 31.2 Å². The van der Waals surface area contributed by atoms with Gasteiger partial charge in [0.2, 0.25) is 0 Å². The number of aryl methyl sites for hydroxylation is 1. The van der Waals surface area contributed by atoms with Gasteiger partial charge in [-0.3, -0.25) is 4.98 Å². The van der Waals surface area contributed by atoms with Crippen molar-refractivity contribution >= 4 is 11.6 Å². The molecule has 0 saturated heterocycles. The van der Waals surface area contributed by atoms with Crippen molar-refractivity contribution in [3.63, 3.8) is 0 Å². The molecule has 1 rings (SSSR count). The molecule has 0 spiro atoms. The highest BCUT2D eigenvalue weighted by Gasteiger charge is 2.06. The topological polar surface area (TPSA) is 34.1 Å². The van der Waals surface area contributed by atoms with E-state index < -0.39 is 0 Å². The molecular formula is C14H23ClN2O. The first-order valence-corrected chi connectivity index (χ1v) is 7.01. The minimum absolute atomic E-state index is 0.647. The molecule has 1 N–H and O–H groups in total. The molecule has 0 amide bonds. The summed E-state index contributed by atoms with van der Waals surface area (Å²) in [5, 5.41) is 3.44. The quantitative estimate of drug-likeness (QED) is 0.737. The second-order valence-electron chi connectivity index (χ2n) is 4.52. The molecule has 1 aromatic rings. The molecule has 0 aliphatic rings. The van der Waals surface area contributed by atoms with Crippen LogP contribution in [0.5, 0.6) is 5.75 Å². The number of pyridine rings is 1. The number of methoxy groups -OCH3 is 1. The molecule has 4 heteroatoms. The van der Waals surface area contributed by atoms with Gasteiger partial charge >= 0.3 is 0 Å². The molecule has 0 bridgehead atoms. The van der Waals surface area contributed by atoms with Gasteiger partial charge in [0.05, 0.1) is 12.8 Å². The molecule has 1 unspecified atom stereocenters. The van der Waals surface area contributed by atoms with Crippen LogP contribution in [-0.2, 0) is 6.54 Å². The third-order valence-electron chi connectivity index (χ3n) is 3.05. The number of rotatable bonds is 8. The highest BCUT2D eigenvalue weighted by Crippen LogP contribution is 2.13. The van der Waals surface area contributed by atoms with Gasteiger partial charge in [0.1, 0.15) is 5.75 Å². The van der Waals surface area contributed by atoms with Crippen LogP contribution in [0.2, 0.25) is 0 Å². The monoisotopic (exact) mass is 270 g/mol. The second kappa shape index (κ2) is 8.33. The molecule has 102 valence electrons. The van der Waals surface area contributed by atoms with Gasteiger partial charge in [-0.1, -0.05) is 13.3 Å². The third kappa shape index (κ3) is 5.23. The van der Waals surface area contributed by atoms with Gasteiger partial charge in [-0.2, -0.15) is 0 Å². The Bertz CT molecular complexity index is 358. The van der Waals surface area contributed by atoms with Crippen LogP contribution < -0.4 is 10.1 Å². The number of ether oxygens (including phenoxy) is 1. The lowest BCUT2D eigenvalue weighted by molar-refractivity contribution is 0.411. The molecule has 0 fully saturated rings. The van der Waals surface area contributed by atoms with Gasteiger partial charge in [0, 0.05) is 30.3 Å². The third-order valence-corrected chi connectivity index (χ3v) is 3.27. The normalized spacial score (nSPS) is 12.4. The highest BCUT2D eigenvalue weighted by atomic mass is 35.5. The summed E-state index contributed by atoms with van der Waals surface area (Å²) in [5.41, 5.74) is 2.01. The van der Waals surface area contributed by atoms with E-state index in [1.54, 1.807) is 7.11 Å². The number of alkyl halides is 1. The van der Waals surface area contributed by atoms with Gasteiger partial charge < -0.3 is 10.1 Å². The Hall–Kier alpha value is -0.800. The first-order valence-electron chi connectivity index (χ1n) is 6.47. The van der Waals surface area contributed by atoms with Crippen LogP contribution in [0.25, 0.3) is 0 Å². The summed E-state index contributed by atoms with van der Waals surface area (Å²) in [4.78, 5) is 4.48. The molecule has 1 atom stereocenters. The van der Waals surface area contributed by atoms with Crippen molar-refractivity contribution in [3.05, 3.63) is 23.5 Å². The summed E-state index contributed by atoms with van der Waals surface area (Å²) < 4.78 is 5.24. The SMILES string of the molecule is CCC(CCCl)CNCc1cc(OC)cc(C)n1. The van der Waals surface area contributed by atoms with Crippen molar-refractivity contribution in [2.45, 2.75) is 33.2 Å². The summed E-state index contributed by atoms with van der Waals surface area (Å²) in [7, 11) is 1.68. The summed E-state index contributed by atoms with van der Waals surface area (Å²) in [5.74, 6) is 2.25. The van der Waals surface area contributed by atoms with E-state index in [0.29, 0.717) is 5.92 Å². The van der Waals surface area contributed by atoms with Crippen molar-refractivity contribution in [1.82, 2.24) is 10.3 Å². The average Bonchev–Trinajstić information content (AvgIpc) is 2.37. The number of halogens is 1. The lowest BCUT2D eigenvalue weighted by Gasteiger charge is -2.14. The summed E-state index contributed by atoms with van der Waals surface area (Å²) >= 11 is 5.77. The van der Waals surface area contributed by atoms with Crippen LogP contribution in [0.3, 0.4) is 0 Å². The smallest absolute Gasteiger partial charge is 0.122 e. The van der Waals surface area contributed by atoms with Crippen LogP contribution in [0, 0.1) is 12.8 Å². The van der Waals surface area contributed by atoms with E-state index in [4.69, 9.17) is 16.3 Å². The van der Waals surface area contributed by atoms with Gasteiger partial charge in [0.15, 0.2) is 0 Å². The lowest BCUT2D eigenvalue weighted by Crippen LogP contribution is -2.23. The Morgan fingerprint density at radius 2 is 2.22 bits per heavy atom. The Morgan fingerprint density at radius 1 is 1.44 bits per heavy atom. The van der Waals surface area contributed by atoms with E-state index in [1.807, 2.05) is 19.1 Å². The zero-order valence-corrected chi connectivity index (χ0v) is 12.3. The maximum absolute atomic E-state index is 5.77. The van der Waals surface area contributed by atoms with E-state index in [-0.39, 0.29) is 0 Å². The van der Waals surface area contributed by atoms with Crippen LogP contribution in [0.15, 0.2) is 12.1 Å². The van der Waals surface area contributed by atoms with Crippen LogP contribution in [0.4, 0.5) is 0 Å².